The van der Waals surface area contributed by atoms with Crippen LogP contribution in [0.1, 0.15) is 34.6 Å². The Bertz CT molecular complexity index is 1930. The smallest absolute Gasteiger partial charge is 0.258 e. The lowest BCUT2D eigenvalue weighted by Crippen LogP contribution is -2.41. The third-order valence-corrected chi connectivity index (χ3v) is 7.59. The summed E-state index contributed by atoms with van der Waals surface area (Å²) in [5, 5.41) is 19.1. The lowest BCUT2D eigenvalue weighted by Gasteiger charge is -2.15. The molecule has 5 rings (SSSR count). The maximum Gasteiger partial charge on any atom is 0.258 e. The molecule has 15 nitrogen and oxygen atoms in total. The number of aromatic nitrogens is 4. The lowest BCUT2D eigenvalue weighted by atomic mass is 10.2. The highest BCUT2D eigenvalue weighted by Gasteiger charge is 2.20. The van der Waals surface area contributed by atoms with Crippen molar-refractivity contribution >= 4 is 58.2 Å². The Morgan fingerprint density at radius 2 is 1.00 bits per heavy atom. The zero-order chi connectivity index (χ0) is 36.7. The molecular formula is C34H30Cl2N8O7. The van der Waals surface area contributed by atoms with E-state index in [0.717, 1.165) is 0 Å². The van der Waals surface area contributed by atoms with Crippen LogP contribution >= 0.6 is 23.2 Å². The summed E-state index contributed by atoms with van der Waals surface area (Å²) in [6.07, 6.45) is 0. The van der Waals surface area contributed by atoms with Crippen LogP contribution in [0.4, 0.5) is 11.4 Å². The molecule has 0 saturated heterocycles. The molecule has 2 aromatic carbocycles. The van der Waals surface area contributed by atoms with Gasteiger partial charge < -0.3 is 24.5 Å². The number of carbonyl (C=O) groups is 4. The van der Waals surface area contributed by atoms with Crippen LogP contribution < -0.4 is 30.7 Å². The molecular weight excluding hydrogens is 703 g/mol. The fourth-order valence-corrected chi connectivity index (χ4v) is 4.91. The summed E-state index contributed by atoms with van der Waals surface area (Å²) in [4.78, 5) is 58.3. The highest BCUT2D eigenvalue weighted by atomic mass is 35.5. The van der Waals surface area contributed by atoms with Gasteiger partial charge in [0.05, 0.1) is 14.2 Å². The monoisotopic (exact) mass is 732 g/mol. The van der Waals surface area contributed by atoms with Crippen LogP contribution in [0.15, 0.2) is 77.2 Å². The fraction of sp³-hybridized carbons (Fsp3) is 0.176. The number of benzene rings is 2. The van der Waals surface area contributed by atoms with Crippen molar-refractivity contribution < 1.29 is 33.1 Å². The number of nitrogens with zero attached hydrogens (tertiary/aromatic N) is 4. The maximum absolute atomic E-state index is 12.7. The molecule has 0 fully saturated rings. The Kier molecular flexibility index (Phi) is 11.4. The zero-order valence-electron chi connectivity index (χ0n) is 27.5. The summed E-state index contributed by atoms with van der Waals surface area (Å²) in [5.74, 6) is -1.58. The molecule has 0 radical (unpaired) electrons. The number of ether oxygens (including phenoxy) is 2. The fourth-order valence-electron chi connectivity index (χ4n) is 4.51. The Morgan fingerprint density at radius 3 is 1.35 bits per heavy atom. The van der Waals surface area contributed by atoms with Gasteiger partial charge in [0.2, 0.25) is 35.4 Å². The van der Waals surface area contributed by atoms with Crippen LogP contribution in [0.25, 0.3) is 22.9 Å². The summed E-state index contributed by atoms with van der Waals surface area (Å²) in [7, 11) is 2.78. The summed E-state index contributed by atoms with van der Waals surface area (Å²) < 4.78 is 15.9. The molecule has 4 N–H and O–H groups in total. The summed E-state index contributed by atoms with van der Waals surface area (Å²) in [6, 6.07) is 17.8. The molecule has 0 aliphatic carbocycles. The van der Waals surface area contributed by atoms with Crippen LogP contribution in [-0.2, 0) is 9.59 Å². The van der Waals surface area contributed by atoms with Crippen molar-refractivity contribution in [3.05, 3.63) is 94.2 Å². The molecule has 262 valence electrons. The Balaban J connectivity index is 1.13. The summed E-state index contributed by atoms with van der Waals surface area (Å²) >= 11 is 11.8. The van der Waals surface area contributed by atoms with Gasteiger partial charge in [-0.2, -0.15) is 0 Å². The first kappa shape index (κ1) is 36.2. The first-order valence-corrected chi connectivity index (χ1v) is 15.9. The Labute approximate surface area is 301 Å². The number of pyridine rings is 2. The van der Waals surface area contributed by atoms with E-state index in [9.17, 15) is 19.2 Å². The van der Waals surface area contributed by atoms with E-state index in [1.54, 1.807) is 62.4 Å². The largest absolute Gasteiger partial charge is 0.481 e. The standard InChI is InChI=1S/C34H30Cl2N8O7/c1-17(29(45)41-31(47)21-13-25(35)39-27(15-21)49-3)37-23-9-5-19(6-10-23)33-43-44-34(51-33)20-7-11-24(12-8-20)38-18(2)30(46)42-32(48)22-14-26(36)40-28(16-22)50-4/h5-18,37-38H,1-4H3,(H,41,45,47)(H,42,46,48)/t17-,18-/m0/s1. The van der Waals surface area contributed by atoms with Gasteiger partial charge in [-0.3, -0.25) is 29.8 Å². The molecule has 2 atom stereocenters. The molecule has 17 heteroatoms. The van der Waals surface area contributed by atoms with Crippen LogP contribution in [0.5, 0.6) is 11.8 Å². The number of nitrogens with one attached hydrogen (secondary N) is 4. The van der Waals surface area contributed by atoms with Crippen LogP contribution in [0.3, 0.4) is 0 Å². The van der Waals surface area contributed by atoms with Crippen LogP contribution in [-0.4, -0.2) is 70.1 Å². The van der Waals surface area contributed by atoms with Gasteiger partial charge in [0.15, 0.2) is 0 Å². The molecule has 0 unspecified atom stereocenters. The van der Waals surface area contributed by atoms with E-state index in [4.69, 9.17) is 37.1 Å². The molecule has 0 spiro atoms. The maximum atomic E-state index is 12.7. The number of hydrogen-bond donors (Lipinski definition) is 4. The lowest BCUT2D eigenvalue weighted by molar-refractivity contribution is -0.121. The van der Waals surface area contributed by atoms with E-state index < -0.39 is 35.7 Å². The molecule has 3 heterocycles. The molecule has 0 aliphatic heterocycles. The van der Waals surface area contributed by atoms with E-state index in [-0.39, 0.29) is 45.0 Å². The van der Waals surface area contributed by atoms with Gasteiger partial charge in [-0.05, 0) is 74.5 Å². The Morgan fingerprint density at radius 1 is 0.627 bits per heavy atom. The minimum absolute atomic E-state index is 0.0538. The quantitative estimate of drug-likeness (QED) is 0.125. The highest BCUT2D eigenvalue weighted by Crippen LogP contribution is 2.26. The summed E-state index contributed by atoms with van der Waals surface area (Å²) in [6.45, 7) is 3.22. The van der Waals surface area contributed by atoms with Crippen molar-refractivity contribution in [2.24, 2.45) is 0 Å². The van der Waals surface area contributed by atoms with Gasteiger partial charge >= 0.3 is 0 Å². The van der Waals surface area contributed by atoms with Crippen molar-refractivity contribution in [3.8, 4) is 34.7 Å². The van der Waals surface area contributed by atoms with Crippen LogP contribution in [0, 0.1) is 0 Å². The molecule has 0 saturated carbocycles. The van der Waals surface area contributed by atoms with Gasteiger partial charge in [-0.1, -0.05) is 23.2 Å². The van der Waals surface area contributed by atoms with Crippen molar-refractivity contribution in [1.82, 2.24) is 30.8 Å². The van der Waals surface area contributed by atoms with Gasteiger partial charge in [-0.25, -0.2) is 9.97 Å². The van der Waals surface area contributed by atoms with Gasteiger partial charge in [-0.15, -0.1) is 10.2 Å². The number of amides is 4. The summed E-state index contributed by atoms with van der Waals surface area (Å²) in [5.41, 5.74) is 2.75. The van der Waals surface area contributed by atoms with E-state index >= 15 is 0 Å². The van der Waals surface area contributed by atoms with Crippen molar-refractivity contribution in [2.45, 2.75) is 25.9 Å². The number of halogens is 2. The van der Waals surface area contributed by atoms with E-state index in [1.165, 1.54) is 38.5 Å². The number of anilines is 2. The number of carbonyl (C=O) groups excluding carboxylic acids is 4. The predicted molar refractivity (Wildman–Crippen MR) is 188 cm³/mol. The first-order valence-electron chi connectivity index (χ1n) is 15.1. The average molecular weight is 734 g/mol. The van der Waals surface area contributed by atoms with Crippen LogP contribution in [0.2, 0.25) is 10.3 Å². The third-order valence-electron chi connectivity index (χ3n) is 7.20. The van der Waals surface area contributed by atoms with Gasteiger partial charge in [0, 0.05) is 45.8 Å². The second-order valence-electron chi connectivity index (χ2n) is 10.9. The highest BCUT2D eigenvalue weighted by molar-refractivity contribution is 6.30. The van der Waals surface area contributed by atoms with E-state index in [1.807, 2.05) is 0 Å². The van der Waals surface area contributed by atoms with Crippen molar-refractivity contribution in [2.75, 3.05) is 24.9 Å². The second kappa shape index (κ2) is 16.1. The number of rotatable bonds is 12. The van der Waals surface area contributed by atoms with E-state index in [2.05, 4.69) is 41.4 Å². The van der Waals surface area contributed by atoms with Crippen molar-refractivity contribution in [1.29, 1.82) is 0 Å². The first-order chi connectivity index (χ1) is 24.4. The minimum Gasteiger partial charge on any atom is -0.481 e. The van der Waals surface area contributed by atoms with Gasteiger partial charge in [0.1, 0.15) is 22.4 Å². The Hall–Kier alpha value is -6.06. The molecule has 3 aromatic heterocycles. The molecule has 51 heavy (non-hydrogen) atoms. The molecule has 5 aromatic rings. The number of methoxy groups -OCH3 is 2. The van der Waals surface area contributed by atoms with Gasteiger partial charge in [0.25, 0.3) is 11.8 Å². The van der Waals surface area contributed by atoms with E-state index in [0.29, 0.717) is 22.5 Å². The molecule has 4 amide bonds. The normalized spacial score (nSPS) is 11.9. The molecule has 0 aliphatic rings. The zero-order valence-corrected chi connectivity index (χ0v) is 29.0. The van der Waals surface area contributed by atoms with Crippen molar-refractivity contribution in [3.63, 3.8) is 0 Å². The molecule has 0 bridgehead atoms. The second-order valence-corrected chi connectivity index (χ2v) is 11.7. The SMILES string of the molecule is COc1cc(C(=O)NC(=O)[C@H](C)Nc2ccc(-c3nnc(-c4ccc(N[C@@H](C)C(=O)NC(=O)c5cc(Cl)nc(OC)c5)cc4)o3)cc2)cc(Cl)n1. The third kappa shape index (κ3) is 9.35. The average Bonchev–Trinajstić information content (AvgIpc) is 3.62. The minimum atomic E-state index is -0.761. The topological polar surface area (TPSA) is 200 Å². The number of imide groups is 2. The predicted octanol–water partition coefficient (Wildman–Crippen LogP) is 5.03. The number of hydrogen-bond acceptors (Lipinski definition) is 13.